The molecule has 0 aliphatic heterocycles. The molecule has 21 heavy (non-hydrogen) atoms. The van der Waals surface area contributed by atoms with Crippen LogP contribution in [-0.4, -0.2) is 30.7 Å². The van der Waals surface area contributed by atoms with E-state index in [1.54, 1.807) is 32.2 Å². The van der Waals surface area contributed by atoms with E-state index < -0.39 is 0 Å². The van der Waals surface area contributed by atoms with Gasteiger partial charge in [-0.15, -0.1) is 11.8 Å². The molecule has 5 nitrogen and oxygen atoms in total. The Labute approximate surface area is 129 Å². The van der Waals surface area contributed by atoms with E-state index >= 15 is 0 Å². The maximum atomic E-state index is 5.36. The van der Waals surface area contributed by atoms with Crippen LogP contribution in [0.1, 0.15) is 11.3 Å². The maximum absolute atomic E-state index is 5.36. The summed E-state index contributed by atoms with van der Waals surface area (Å²) >= 11 is 1.69. The van der Waals surface area contributed by atoms with Crippen molar-refractivity contribution >= 4 is 11.8 Å². The Balaban J connectivity index is 2.08. The molecular formula is C15H19N3O2S. The van der Waals surface area contributed by atoms with Crippen molar-refractivity contribution in [2.75, 3.05) is 20.5 Å². The Hall–Kier alpha value is -1.79. The number of ether oxygens (including phenoxy) is 2. The van der Waals surface area contributed by atoms with Crippen LogP contribution >= 0.6 is 11.8 Å². The van der Waals surface area contributed by atoms with Crippen LogP contribution in [0.15, 0.2) is 35.4 Å². The third-order valence-electron chi connectivity index (χ3n) is 3.04. The smallest absolute Gasteiger partial charge is 0.161 e. The first-order valence-corrected chi connectivity index (χ1v) is 7.77. The van der Waals surface area contributed by atoms with Gasteiger partial charge in [0.1, 0.15) is 0 Å². The average Bonchev–Trinajstić information content (AvgIpc) is 2.55. The van der Waals surface area contributed by atoms with Gasteiger partial charge in [-0.1, -0.05) is 0 Å². The molecule has 1 heterocycles. The first-order valence-electron chi connectivity index (χ1n) is 6.54. The lowest BCUT2D eigenvalue weighted by molar-refractivity contribution is 0.353. The number of hydrogen-bond acceptors (Lipinski definition) is 6. The van der Waals surface area contributed by atoms with Gasteiger partial charge in [-0.3, -0.25) is 0 Å². The summed E-state index contributed by atoms with van der Waals surface area (Å²) < 4.78 is 10.7. The predicted octanol–water partition coefficient (Wildman–Crippen LogP) is 2.51. The van der Waals surface area contributed by atoms with Crippen molar-refractivity contribution in [3.63, 3.8) is 0 Å². The number of hydrogen-bond donors (Lipinski definition) is 1. The van der Waals surface area contributed by atoms with Crippen LogP contribution in [-0.2, 0) is 13.1 Å². The van der Waals surface area contributed by atoms with Gasteiger partial charge in [-0.05, 0) is 36.1 Å². The van der Waals surface area contributed by atoms with Crippen molar-refractivity contribution < 1.29 is 9.47 Å². The van der Waals surface area contributed by atoms with E-state index in [2.05, 4.69) is 15.5 Å². The van der Waals surface area contributed by atoms with Crippen LogP contribution in [0.5, 0.6) is 11.5 Å². The van der Waals surface area contributed by atoms with Crippen molar-refractivity contribution in [1.29, 1.82) is 0 Å². The van der Waals surface area contributed by atoms with Gasteiger partial charge in [0.05, 0.1) is 19.9 Å². The SMILES string of the molecule is COc1cc(CNCc2cccnn2)c(SC)cc1OC. The van der Waals surface area contributed by atoms with Gasteiger partial charge in [0.15, 0.2) is 11.5 Å². The van der Waals surface area contributed by atoms with Crippen LogP contribution in [0, 0.1) is 0 Å². The zero-order valence-corrected chi connectivity index (χ0v) is 13.2. The minimum Gasteiger partial charge on any atom is -0.493 e. The lowest BCUT2D eigenvalue weighted by Gasteiger charge is -2.14. The number of methoxy groups -OCH3 is 2. The fourth-order valence-corrected chi connectivity index (χ4v) is 2.60. The number of aromatic nitrogens is 2. The molecule has 0 amide bonds. The highest BCUT2D eigenvalue weighted by atomic mass is 32.2. The minimum absolute atomic E-state index is 0.677. The second-order valence-corrected chi connectivity index (χ2v) is 5.19. The van der Waals surface area contributed by atoms with Gasteiger partial charge < -0.3 is 14.8 Å². The zero-order valence-electron chi connectivity index (χ0n) is 12.4. The van der Waals surface area contributed by atoms with E-state index in [4.69, 9.17) is 9.47 Å². The largest absolute Gasteiger partial charge is 0.493 e. The van der Waals surface area contributed by atoms with Crippen LogP contribution < -0.4 is 14.8 Å². The average molecular weight is 305 g/mol. The van der Waals surface area contributed by atoms with Gasteiger partial charge in [-0.2, -0.15) is 10.2 Å². The van der Waals surface area contributed by atoms with Gasteiger partial charge in [-0.25, -0.2) is 0 Å². The monoisotopic (exact) mass is 305 g/mol. The quantitative estimate of drug-likeness (QED) is 0.793. The second kappa shape index (κ2) is 7.85. The molecule has 2 aromatic rings. The molecule has 0 fully saturated rings. The Kier molecular flexibility index (Phi) is 5.83. The summed E-state index contributed by atoms with van der Waals surface area (Å²) in [6.07, 6.45) is 3.72. The van der Waals surface area contributed by atoms with Gasteiger partial charge in [0.2, 0.25) is 0 Å². The summed E-state index contributed by atoms with van der Waals surface area (Å²) in [4.78, 5) is 1.17. The number of benzene rings is 1. The highest BCUT2D eigenvalue weighted by Crippen LogP contribution is 2.34. The van der Waals surface area contributed by atoms with Crippen LogP contribution in [0.25, 0.3) is 0 Å². The van der Waals surface area contributed by atoms with Crippen molar-refractivity contribution in [3.8, 4) is 11.5 Å². The Morgan fingerprint density at radius 3 is 2.52 bits per heavy atom. The van der Waals surface area contributed by atoms with Gasteiger partial charge in [0, 0.05) is 24.2 Å². The van der Waals surface area contributed by atoms with Crippen molar-refractivity contribution in [2.45, 2.75) is 18.0 Å². The summed E-state index contributed by atoms with van der Waals surface area (Å²) in [5, 5.41) is 11.3. The molecule has 1 N–H and O–H groups in total. The lowest BCUT2D eigenvalue weighted by atomic mass is 10.2. The molecule has 0 saturated heterocycles. The van der Waals surface area contributed by atoms with E-state index in [1.165, 1.54) is 10.5 Å². The molecule has 0 spiro atoms. The molecule has 1 aromatic heterocycles. The fourth-order valence-electron chi connectivity index (χ4n) is 1.98. The maximum Gasteiger partial charge on any atom is 0.161 e. The third kappa shape index (κ3) is 4.09. The van der Waals surface area contributed by atoms with E-state index in [1.807, 2.05) is 30.5 Å². The minimum atomic E-state index is 0.677. The van der Waals surface area contributed by atoms with E-state index in [9.17, 15) is 0 Å². The number of thioether (sulfide) groups is 1. The van der Waals surface area contributed by atoms with Crippen molar-refractivity contribution in [2.24, 2.45) is 0 Å². The van der Waals surface area contributed by atoms with Crippen molar-refractivity contribution in [1.82, 2.24) is 15.5 Å². The van der Waals surface area contributed by atoms with Crippen LogP contribution in [0.3, 0.4) is 0 Å². The number of nitrogens with one attached hydrogen (secondary N) is 1. The number of nitrogens with zero attached hydrogens (tertiary/aromatic N) is 2. The highest BCUT2D eigenvalue weighted by Gasteiger charge is 2.10. The Bertz CT molecular complexity index is 579. The first kappa shape index (κ1) is 15.6. The normalized spacial score (nSPS) is 10.4. The first-order chi connectivity index (χ1) is 10.3. The molecule has 0 aliphatic carbocycles. The molecule has 0 atom stereocenters. The summed E-state index contributed by atoms with van der Waals surface area (Å²) in [5.74, 6) is 1.49. The van der Waals surface area contributed by atoms with Gasteiger partial charge in [0.25, 0.3) is 0 Å². The van der Waals surface area contributed by atoms with E-state index in [0.29, 0.717) is 6.54 Å². The standard InChI is InChI=1S/C15H19N3O2S/c1-19-13-7-11(15(21-3)8-14(13)20-2)9-16-10-12-5-4-6-17-18-12/h4-8,16H,9-10H2,1-3H3. The predicted molar refractivity (Wildman–Crippen MR) is 83.9 cm³/mol. The van der Waals surface area contributed by atoms with Crippen LogP contribution in [0.2, 0.25) is 0 Å². The third-order valence-corrected chi connectivity index (χ3v) is 3.86. The fraction of sp³-hybridized carbons (Fsp3) is 0.333. The number of rotatable bonds is 7. The molecule has 0 saturated carbocycles. The van der Waals surface area contributed by atoms with E-state index in [0.717, 1.165) is 23.7 Å². The summed E-state index contributed by atoms with van der Waals surface area (Å²) in [5.41, 5.74) is 2.09. The molecule has 6 heteroatoms. The molecule has 0 radical (unpaired) electrons. The molecule has 0 bridgehead atoms. The zero-order chi connectivity index (χ0) is 15.1. The topological polar surface area (TPSA) is 56.3 Å². The summed E-state index contributed by atoms with van der Waals surface area (Å²) in [7, 11) is 3.29. The van der Waals surface area contributed by atoms with Gasteiger partial charge >= 0.3 is 0 Å². The molecular weight excluding hydrogens is 286 g/mol. The Morgan fingerprint density at radius 2 is 1.90 bits per heavy atom. The summed E-state index contributed by atoms with van der Waals surface area (Å²) in [6.45, 7) is 1.41. The van der Waals surface area contributed by atoms with E-state index in [-0.39, 0.29) is 0 Å². The highest BCUT2D eigenvalue weighted by molar-refractivity contribution is 7.98. The molecule has 0 unspecified atom stereocenters. The molecule has 0 aliphatic rings. The molecule has 112 valence electrons. The van der Waals surface area contributed by atoms with Crippen molar-refractivity contribution in [3.05, 3.63) is 41.7 Å². The second-order valence-electron chi connectivity index (χ2n) is 4.34. The lowest BCUT2D eigenvalue weighted by Crippen LogP contribution is -2.14. The Morgan fingerprint density at radius 1 is 1.14 bits per heavy atom. The summed E-state index contributed by atoms with van der Waals surface area (Å²) in [6, 6.07) is 7.84. The molecule has 1 aromatic carbocycles. The van der Waals surface area contributed by atoms with Crippen LogP contribution in [0.4, 0.5) is 0 Å². The molecule has 2 rings (SSSR count).